The van der Waals surface area contributed by atoms with Crippen LogP contribution in [0.3, 0.4) is 0 Å². The smallest absolute Gasteiger partial charge is 0.128 e. The van der Waals surface area contributed by atoms with Gasteiger partial charge in [-0.25, -0.2) is 0 Å². The molecule has 0 amide bonds. The number of benzene rings is 1. The number of hydrogen-bond acceptors (Lipinski definition) is 4. The molecule has 0 saturated carbocycles. The molecular formula is C12H17NO3. The Morgan fingerprint density at radius 3 is 2.75 bits per heavy atom. The summed E-state index contributed by atoms with van der Waals surface area (Å²) in [6.45, 7) is 4.72. The second-order valence-corrected chi connectivity index (χ2v) is 3.53. The van der Waals surface area contributed by atoms with Crippen LogP contribution in [0.15, 0.2) is 23.4 Å². The molecule has 1 N–H and O–H groups in total. The molecule has 1 aromatic rings. The van der Waals surface area contributed by atoms with Crippen molar-refractivity contribution in [1.29, 1.82) is 0 Å². The summed E-state index contributed by atoms with van der Waals surface area (Å²) >= 11 is 0. The van der Waals surface area contributed by atoms with Crippen LogP contribution >= 0.6 is 0 Å². The highest BCUT2D eigenvalue weighted by atomic mass is 16.5. The van der Waals surface area contributed by atoms with Crippen molar-refractivity contribution in [3.63, 3.8) is 0 Å². The summed E-state index contributed by atoms with van der Waals surface area (Å²) in [7, 11) is 1.63. The lowest BCUT2D eigenvalue weighted by molar-refractivity contribution is 0.146. The number of nitrogens with zero attached hydrogens (tertiary/aromatic N) is 1. The fourth-order valence-electron chi connectivity index (χ4n) is 1.34. The Labute approximate surface area is 95.5 Å². The van der Waals surface area contributed by atoms with E-state index in [1.165, 1.54) is 0 Å². The number of methoxy groups -OCH3 is 1. The maximum Gasteiger partial charge on any atom is 0.128 e. The van der Waals surface area contributed by atoms with Gasteiger partial charge in [-0.1, -0.05) is 11.2 Å². The number of oxime groups is 1. The Morgan fingerprint density at radius 1 is 1.38 bits per heavy atom. The lowest BCUT2D eigenvalue weighted by atomic mass is 10.1. The van der Waals surface area contributed by atoms with Crippen LogP contribution in [-0.4, -0.2) is 31.2 Å². The zero-order chi connectivity index (χ0) is 12.0. The maximum absolute atomic E-state index is 8.76. The third kappa shape index (κ3) is 3.24. The SMILES string of the molecule is COCCOc1cc(C)ccc1C(C)=NO. The van der Waals surface area contributed by atoms with Crippen LogP contribution in [0, 0.1) is 6.92 Å². The molecule has 0 aliphatic heterocycles. The number of hydrogen-bond donors (Lipinski definition) is 1. The summed E-state index contributed by atoms with van der Waals surface area (Å²) in [4.78, 5) is 0. The molecule has 4 heteroatoms. The van der Waals surface area contributed by atoms with E-state index >= 15 is 0 Å². The molecule has 0 unspecified atom stereocenters. The average Bonchev–Trinajstić information content (AvgIpc) is 2.29. The van der Waals surface area contributed by atoms with E-state index in [1.54, 1.807) is 14.0 Å². The van der Waals surface area contributed by atoms with Gasteiger partial charge in [0.25, 0.3) is 0 Å². The van der Waals surface area contributed by atoms with Crippen molar-refractivity contribution in [2.24, 2.45) is 5.16 Å². The topological polar surface area (TPSA) is 51.0 Å². The predicted octanol–water partition coefficient (Wildman–Crippen LogP) is 2.22. The summed E-state index contributed by atoms with van der Waals surface area (Å²) in [5.74, 6) is 0.715. The second kappa shape index (κ2) is 6.12. The van der Waals surface area contributed by atoms with Gasteiger partial charge in [0.05, 0.1) is 12.3 Å². The summed E-state index contributed by atoms with van der Waals surface area (Å²) in [6, 6.07) is 5.75. The van der Waals surface area contributed by atoms with Gasteiger partial charge in [0.1, 0.15) is 12.4 Å². The van der Waals surface area contributed by atoms with Crippen LogP contribution in [0.5, 0.6) is 5.75 Å². The van der Waals surface area contributed by atoms with Crippen LogP contribution in [0.4, 0.5) is 0 Å². The Bertz CT molecular complexity index is 375. The first kappa shape index (κ1) is 12.5. The van der Waals surface area contributed by atoms with Gasteiger partial charge in [-0.15, -0.1) is 0 Å². The molecule has 0 atom stereocenters. The van der Waals surface area contributed by atoms with Gasteiger partial charge in [-0.05, 0) is 31.5 Å². The molecule has 0 aliphatic carbocycles. The van der Waals surface area contributed by atoms with E-state index < -0.39 is 0 Å². The zero-order valence-corrected chi connectivity index (χ0v) is 9.86. The largest absolute Gasteiger partial charge is 0.490 e. The minimum atomic E-state index is 0.478. The molecule has 0 fully saturated rings. The van der Waals surface area contributed by atoms with Crippen LogP contribution < -0.4 is 4.74 Å². The lowest BCUT2D eigenvalue weighted by Gasteiger charge is -2.11. The number of rotatable bonds is 5. The number of aryl methyl sites for hydroxylation is 1. The molecule has 1 aromatic carbocycles. The van der Waals surface area contributed by atoms with Gasteiger partial charge in [-0.2, -0.15) is 0 Å². The van der Waals surface area contributed by atoms with Crippen molar-refractivity contribution in [3.05, 3.63) is 29.3 Å². The maximum atomic E-state index is 8.76. The standard InChI is InChI=1S/C12H17NO3/c1-9-4-5-11(10(2)13-14)12(8-9)16-7-6-15-3/h4-5,8,14H,6-7H2,1-3H3. The first-order valence-electron chi connectivity index (χ1n) is 5.10. The molecule has 88 valence electrons. The summed E-state index contributed by atoms with van der Waals surface area (Å²) < 4.78 is 10.5. The van der Waals surface area contributed by atoms with Crippen LogP contribution in [0.1, 0.15) is 18.1 Å². The first-order chi connectivity index (χ1) is 7.69. The van der Waals surface area contributed by atoms with E-state index in [0.29, 0.717) is 24.7 Å². The molecule has 4 nitrogen and oxygen atoms in total. The molecular weight excluding hydrogens is 206 g/mol. The van der Waals surface area contributed by atoms with Crippen molar-refractivity contribution < 1.29 is 14.7 Å². The molecule has 0 aliphatic rings. The van der Waals surface area contributed by atoms with Gasteiger partial charge in [0.15, 0.2) is 0 Å². The van der Waals surface area contributed by atoms with Crippen LogP contribution in [0.25, 0.3) is 0 Å². The predicted molar refractivity (Wildman–Crippen MR) is 62.5 cm³/mol. The van der Waals surface area contributed by atoms with Crippen molar-refractivity contribution in [3.8, 4) is 5.75 Å². The minimum Gasteiger partial charge on any atom is -0.490 e. The highest BCUT2D eigenvalue weighted by molar-refractivity contribution is 6.00. The Balaban J connectivity index is 2.90. The quantitative estimate of drug-likeness (QED) is 0.360. The molecule has 0 radical (unpaired) electrons. The molecule has 0 heterocycles. The Hall–Kier alpha value is -1.55. The number of ether oxygens (including phenoxy) is 2. The molecule has 1 rings (SSSR count). The van der Waals surface area contributed by atoms with Crippen LogP contribution in [-0.2, 0) is 4.74 Å². The van der Waals surface area contributed by atoms with E-state index in [1.807, 2.05) is 25.1 Å². The van der Waals surface area contributed by atoms with Gasteiger partial charge in [0, 0.05) is 12.7 Å². The van der Waals surface area contributed by atoms with Gasteiger partial charge in [0.2, 0.25) is 0 Å². The normalized spacial score (nSPS) is 11.6. The fourth-order valence-corrected chi connectivity index (χ4v) is 1.34. The van der Waals surface area contributed by atoms with Gasteiger partial charge in [-0.3, -0.25) is 0 Å². The fraction of sp³-hybridized carbons (Fsp3) is 0.417. The average molecular weight is 223 g/mol. The highest BCUT2D eigenvalue weighted by Gasteiger charge is 2.07. The highest BCUT2D eigenvalue weighted by Crippen LogP contribution is 2.21. The van der Waals surface area contributed by atoms with E-state index in [4.69, 9.17) is 14.7 Å². The molecule has 0 bridgehead atoms. The Kier molecular flexibility index (Phi) is 4.79. The molecule has 16 heavy (non-hydrogen) atoms. The lowest BCUT2D eigenvalue weighted by Crippen LogP contribution is -2.08. The first-order valence-corrected chi connectivity index (χ1v) is 5.10. The van der Waals surface area contributed by atoms with E-state index in [-0.39, 0.29) is 0 Å². The Morgan fingerprint density at radius 2 is 2.12 bits per heavy atom. The van der Waals surface area contributed by atoms with E-state index in [0.717, 1.165) is 11.1 Å². The molecule has 0 aromatic heterocycles. The zero-order valence-electron chi connectivity index (χ0n) is 9.86. The molecule has 0 spiro atoms. The van der Waals surface area contributed by atoms with Crippen molar-refractivity contribution in [2.75, 3.05) is 20.3 Å². The van der Waals surface area contributed by atoms with E-state index in [2.05, 4.69) is 5.16 Å². The monoisotopic (exact) mass is 223 g/mol. The van der Waals surface area contributed by atoms with Crippen molar-refractivity contribution in [1.82, 2.24) is 0 Å². The van der Waals surface area contributed by atoms with Crippen LogP contribution in [0.2, 0.25) is 0 Å². The van der Waals surface area contributed by atoms with Gasteiger partial charge < -0.3 is 14.7 Å². The summed E-state index contributed by atoms with van der Waals surface area (Å²) in [5.41, 5.74) is 2.43. The van der Waals surface area contributed by atoms with Crippen molar-refractivity contribution in [2.45, 2.75) is 13.8 Å². The van der Waals surface area contributed by atoms with Gasteiger partial charge >= 0.3 is 0 Å². The minimum absolute atomic E-state index is 0.478. The second-order valence-electron chi connectivity index (χ2n) is 3.53. The third-order valence-corrected chi connectivity index (χ3v) is 2.22. The summed E-state index contributed by atoms with van der Waals surface area (Å²) in [6.07, 6.45) is 0. The third-order valence-electron chi connectivity index (χ3n) is 2.22. The van der Waals surface area contributed by atoms with Crippen molar-refractivity contribution >= 4 is 5.71 Å². The summed E-state index contributed by atoms with van der Waals surface area (Å²) in [5, 5.41) is 11.9. The van der Waals surface area contributed by atoms with E-state index in [9.17, 15) is 0 Å². The molecule has 0 saturated heterocycles.